The maximum absolute atomic E-state index is 11.2. The zero-order chi connectivity index (χ0) is 25.4. The highest BCUT2D eigenvalue weighted by molar-refractivity contribution is 5.73. The van der Waals surface area contributed by atoms with E-state index in [9.17, 15) is 4.79 Å². The van der Waals surface area contributed by atoms with Gasteiger partial charge in [0.25, 0.3) is 0 Å². The first-order valence-electron chi connectivity index (χ1n) is 11.9. The summed E-state index contributed by atoms with van der Waals surface area (Å²) in [6.45, 7) is 12.3. The summed E-state index contributed by atoms with van der Waals surface area (Å²) in [5.74, 6) is -0.0287. The number of hydrogen-bond donors (Lipinski definition) is 1. The number of amides is 1. The molecule has 0 radical (unpaired) electrons. The molecule has 4 heteroatoms. The summed E-state index contributed by atoms with van der Waals surface area (Å²) in [7, 11) is 0. The Balaban J connectivity index is 0.000000526. The van der Waals surface area contributed by atoms with E-state index in [4.69, 9.17) is 0 Å². The van der Waals surface area contributed by atoms with Crippen LogP contribution in [0, 0.1) is 6.92 Å². The van der Waals surface area contributed by atoms with Crippen molar-refractivity contribution in [1.82, 2.24) is 14.9 Å². The Morgan fingerprint density at radius 2 is 1.24 bits per heavy atom. The van der Waals surface area contributed by atoms with Gasteiger partial charge in [0.2, 0.25) is 5.91 Å². The first-order valence-corrected chi connectivity index (χ1v) is 11.9. The summed E-state index contributed by atoms with van der Waals surface area (Å²) in [6, 6.07) is 32.2. The van der Waals surface area contributed by atoms with E-state index < -0.39 is 0 Å². The molecule has 0 bridgehead atoms. The van der Waals surface area contributed by atoms with Crippen molar-refractivity contribution in [3.8, 4) is 0 Å². The van der Waals surface area contributed by atoms with Gasteiger partial charge in [0, 0.05) is 25.9 Å². The first-order chi connectivity index (χ1) is 16.6. The molecule has 3 aromatic carbocycles. The second-order valence-electron chi connectivity index (χ2n) is 6.73. The molecule has 1 atom stereocenters. The number of nitrogens with zero attached hydrogens (tertiary/aromatic N) is 2. The highest BCUT2D eigenvalue weighted by Gasteiger charge is 2.12. The van der Waals surface area contributed by atoms with Crippen LogP contribution >= 0.6 is 0 Å². The molecule has 0 saturated heterocycles. The lowest BCUT2D eigenvalue weighted by atomic mass is 10.1. The van der Waals surface area contributed by atoms with Gasteiger partial charge in [-0.25, -0.2) is 4.98 Å². The minimum Gasteiger partial charge on any atom is -0.348 e. The molecule has 0 spiro atoms. The number of benzene rings is 3. The summed E-state index contributed by atoms with van der Waals surface area (Å²) < 4.78 is 1.95. The van der Waals surface area contributed by atoms with Crippen molar-refractivity contribution in [3.63, 3.8) is 0 Å². The monoisotopic (exact) mass is 459 g/mol. The molecule has 4 nitrogen and oxygen atoms in total. The van der Waals surface area contributed by atoms with Crippen molar-refractivity contribution in [2.45, 2.75) is 54.1 Å². The van der Waals surface area contributed by atoms with Crippen molar-refractivity contribution < 1.29 is 4.79 Å². The van der Waals surface area contributed by atoms with Crippen LogP contribution in [0.3, 0.4) is 0 Å². The number of imidazole rings is 1. The second kappa shape index (κ2) is 21.2. The average Bonchev–Trinajstić information content (AvgIpc) is 3.42. The van der Waals surface area contributed by atoms with Gasteiger partial charge in [-0.1, -0.05) is 130 Å². The average molecular weight is 460 g/mol. The Labute approximate surface area is 206 Å². The van der Waals surface area contributed by atoms with E-state index >= 15 is 0 Å². The lowest BCUT2D eigenvalue weighted by Gasteiger charge is -2.18. The summed E-state index contributed by atoms with van der Waals surface area (Å²) in [5.41, 5.74) is 2.42. The Hall–Kier alpha value is -3.66. The number of carbonyl (C=O) groups is 1. The van der Waals surface area contributed by atoms with E-state index in [1.54, 1.807) is 12.5 Å². The molecule has 0 aliphatic carbocycles. The molecule has 1 heterocycles. The van der Waals surface area contributed by atoms with Crippen LogP contribution in [0.5, 0.6) is 0 Å². The maximum atomic E-state index is 11.2. The molecule has 0 aliphatic heterocycles. The molecular weight excluding hydrogens is 418 g/mol. The molecule has 4 aromatic rings. The van der Waals surface area contributed by atoms with Gasteiger partial charge in [-0.05, 0) is 12.5 Å². The van der Waals surface area contributed by atoms with E-state index in [-0.39, 0.29) is 11.9 Å². The van der Waals surface area contributed by atoms with Crippen molar-refractivity contribution in [2.24, 2.45) is 0 Å². The molecule has 182 valence electrons. The van der Waals surface area contributed by atoms with E-state index in [1.807, 2.05) is 123 Å². The molecular formula is C30H41N3O. The minimum atomic E-state index is -0.0287. The summed E-state index contributed by atoms with van der Waals surface area (Å²) >= 11 is 0. The van der Waals surface area contributed by atoms with Crippen LogP contribution in [0.4, 0.5) is 0 Å². The fraction of sp³-hybridized carbons (Fsp3) is 0.267. The van der Waals surface area contributed by atoms with Gasteiger partial charge in [0.05, 0.1) is 12.4 Å². The standard InChI is InChI=1S/C13H15N3O.C7H8.C6H6.2C2H6/c1-11(17)15-13(9-16-8-7-14-10-16)12-5-3-2-4-6-12;1-7-5-3-2-4-6-7;1-2-4-6-5-3-1;2*1-2/h2-8,10,13H,9H2,1H3,(H,15,17);2-6H,1H3;1-6H;2*1-2H3. The topological polar surface area (TPSA) is 46.9 Å². The zero-order valence-corrected chi connectivity index (χ0v) is 21.6. The summed E-state index contributed by atoms with van der Waals surface area (Å²) in [5, 5.41) is 2.95. The lowest BCUT2D eigenvalue weighted by Crippen LogP contribution is -2.29. The molecule has 0 fully saturated rings. The molecule has 4 rings (SSSR count). The summed E-state index contributed by atoms with van der Waals surface area (Å²) in [6.07, 6.45) is 5.37. The number of carbonyl (C=O) groups excluding carboxylic acids is 1. The molecule has 1 amide bonds. The highest BCUT2D eigenvalue weighted by atomic mass is 16.1. The van der Waals surface area contributed by atoms with E-state index in [0.717, 1.165) is 5.56 Å². The molecule has 1 N–H and O–H groups in total. The molecule has 1 aromatic heterocycles. The Morgan fingerprint density at radius 3 is 1.59 bits per heavy atom. The van der Waals surface area contributed by atoms with Gasteiger partial charge >= 0.3 is 0 Å². The number of aromatic nitrogens is 2. The van der Waals surface area contributed by atoms with Crippen LogP contribution in [0.15, 0.2) is 116 Å². The van der Waals surface area contributed by atoms with E-state index in [2.05, 4.69) is 29.4 Å². The maximum Gasteiger partial charge on any atom is 0.217 e. The molecule has 1 unspecified atom stereocenters. The first kappa shape index (κ1) is 30.3. The van der Waals surface area contributed by atoms with E-state index in [1.165, 1.54) is 12.5 Å². The zero-order valence-electron chi connectivity index (χ0n) is 21.6. The highest BCUT2D eigenvalue weighted by Crippen LogP contribution is 2.14. The second-order valence-corrected chi connectivity index (χ2v) is 6.73. The van der Waals surface area contributed by atoms with Crippen LogP contribution in [-0.2, 0) is 11.3 Å². The SMILES string of the molecule is CC.CC.CC(=O)NC(Cn1ccnc1)c1ccccc1.Cc1ccccc1.c1ccccc1. The minimum absolute atomic E-state index is 0.0251. The lowest BCUT2D eigenvalue weighted by molar-refractivity contribution is -0.119. The van der Waals surface area contributed by atoms with Crippen LogP contribution in [0.2, 0.25) is 0 Å². The Kier molecular flexibility index (Phi) is 18.9. The van der Waals surface area contributed by atoms with Gasteiger partial charge in [-0.15, -0.1) is 0 Å². The van der Waals surface area contributed by atoms with Gasteiger partial charge < -0.3 is 9.88 Å². The van der Waals surface area contributed by atoms with Gasteiger partial charge in [-0.2, -0.15) is 0 Å². The predicted molar refractivity (Wildman–Crippen MR) is 146 cm³/mol. The van der Waals surface area contributed by atoms with Crippen LogP contribution in [0.1, 0.15) is 51.8 Å². The van der Waals surface area contributed by atoms with E-state index in [0.29, 0.717) is 6.54 Å². The molecule has 0 aliphatic rings. The largest absolute Gasteiger partial charge is 0.348 e. The summed E-state index contributed by atoms with van der Waals surface area (Å²) in [4.78, 5) is 15.2. The third kappa shape index (κ3) is 15.2. The normalized spacial score (nSPS) is 9.59. The molecule has 34 heavy (non-hydrogen) atoms. The van der Waals surface area contributed by atoms with Gasteiger partial charge in [0.15, 0.2) is 0 Å². The van der Waals surface area contributed by atoms with Crippen molar-refractivity contribution in [2.75, 3.05) is 0 Å². The van der Waals surface area contributed by atoms with Crippen molar-refractivity contribution in [1.29, 1.82) is 0 Å². The smallest absolute Gasteiger partial charge is 0.217 e. The van der Waals surface area contributed by atoms with Gasteiger partial charge in [0.1, 0.15) is 0 Å². The third-order valence-electron chi connectivity index (χ3n) is 4.14. The van der Waals surface area contributed by atoms with Crippen molar-refractivity contribution in [3.05, 3.63) is 127 Å². The van der Waals surface area contributed by atoms with Crippen molar-refractivity contribution >= 4 is 5.91 Å². The number of hydrogen-bond acceptors (Lipinski definition) is 2. The fourth-order valence-corrected chi connectivity index (χ4v) is 2.69. The molecule has 0 saturated carbocycles. The third-order valence-corrected chi connectivity index (χ3v) is 4.14. The van der Waals surface area contributed by atoms with Crippen LogP contribution in [-0.4, -0.2) is 15.5 Å². The predicted octanol–water partition coefficient (Wildman–Crippen LogP) is 7.49. The Bertz CT molecular complexity index is 898. The number of nitrogens with one attached hydrogen (secondary N) is 1. The fourth-order valence-electron chi connectivity index (χ4n) is 2.69. The number of aryl methyl sites for hydroxylation is 1. The Morgan fingerprint density at radius 1 is 0.794 bits per heavy atom. The number of rotatable bonds is 4. The quantitative estimate of drug-likeness (QED) is 0.343. The van der Waals surface area contributed by atoms with Crippen LogP contribution in [0.25, 0.3) is 0 Å². The van der Waals surface area contributed by atoms with Gasteiger partial charge in [-0.3, -0.25) is 4.79 Å². The van der Waals surface area contributed by atoms with Crippen LogP contribution < -0.4 is 5.32 Å².